The van der Waals surface area contributed by atoms with Crippen molar-refractivity contribution in [3.63, 3.8) is 0 Å². The molecule has 1 fully saturated rings. The zero-order valence-electron chi connectivity index (χ0n) is 10.8. The Morgan fingerprint density at radius 3 is 2.95 bits per heavy atom. The molecule has 2 aromatic rings. The van der Waals surface area contributed by atoms with E-state index in [0.29, 0.717) is 17.3 Å². The maximum atomic E-state index is 12.5. The minimum absolute atomic E-state index is 0.132. The SMILES string of the molecule is O=S(=O)(c1cccs1)N1CCCC(c2cnccn2)C1. The molecule has 1 atom stereocenters. The Kier molecular flexibility index (Phi) is 3.82. The molecule has 2 aromatic heterocycles. The summed E-state index contributed by atoms with van der Waals surface area (Å²) in [5.41, 5.74) is 0.874. The van der Waals surface area contributed by atoms with Gasteiger partial charge in [0.2, 0.25) is 0 Å². The van der Waals surface area contributed by atoms with Crippen LogP contribution >= 0.6 is 11.3 Å². The van der Waals surface area contributed by atoms with E-state index in [4.69, 9.17) is 0 Å². The molecule has 0 aromatic carbocycles. The van der Waals surface area contributed by atoms with Crippen LogP contribution in [0.4, 0.5) is 0 Å². The van der Waals surface area contributed by atoms with Gasteiger partial charge in [-0.1, -0.05) is 6.07 Å². The Labute approximate surface area is 122 Å². The van der Waals surface area contributed by atoms with Crippen LogP contribution in [0, 0.1) is 0 Å². The van der Waals surface area contributed by atoms with E-state index in [0.717, 1.165) is 18.5 Å². The summed E-state index contributed by atoms with van der Waals surface area (Å²) in [5, 5.41) is 1.79. The first-order valence-electron chi connectivity index (χ1n) is 6.47. The van der Waals surface area contributed by atoms with E-state index in [1.54, 1.807) is 40.4 Å². The Morgan fingerprint density at radius 2 is 2.25 bits per heavy atom. The molecule has 20 heavy (non-hydrogen) atoms. The molecule has 7 heteroatoms. The van der Waals surface area contributed by atoms with Crippen LogP contribution in [0.5, 0.6) is 0 Å². The maximum absolute atomic E-state index is 12.5. The lowest BCUT2D eigenvalue weighted by atomic mass is 9.96. The second kappa shape index (κ2) is 5.59. The largest absolute Gasteiger partial charge is 0.261 e. The van der Waals surface area contributed by atoms with Gasteiger partial charge in [0, 0.05) is 37.6 Å². The van der Waals surface area contributed by atoms with Gasteiger partial charge in [-0.05, 0) is 24.3 Å². The number of rotatable bonds is 3. The van der Waals surface area contributed by atoms with Crippen LogP contribution in [0.15, 0.2) is 40.3 Å². The molecule has 0 saturated carbocycles. The fraction of sp³-hybridized carbons (Fsp3) is 0.385. The minimum atomic E-state index is -3.36. The number of thiophene rings is 1. The molecule has 0 N–H and O–H groups in total. The molecule has 3 rings (SSSR count). The van der Waals surface area contributed by atoms with E-state index >= 15 is 0 Å². The highest BCUT2D eigenvalue weighted by atomic mass is 32.2. The van der Waals surface area contributed by atoms with Gasteiger partial charge >= 0.3 is 0 Å². The van der Waals surface area contributed by atoms with Gasteiger partial charge in [-0.3, -0.25) is 9.97 Å². The summed E-state index contributed by atoms with van der Waals surface area (Å²) in [4.78, 5) is 8.37. The molecule has 1 unspecified atom stereocenters. The average Bonchev–Trinajstić information content (AvgIpc) is 3.03. The van der Waals surface area contributed by atoms with E-state index in [1.165, 1.54) is 11.3 Å². The smallest absolute Gasteiger partial charge is 0.252 e. The van der Waals surface area contributed by atoms with Crippen molar-refractivity contribution in [3.8, 4) is 0 Å². The minimum Gasteiger partial charge on any atom is -0.261 e. The van der Waals surface area contributed by atoms with Crippen molar-refractivity contribution < 1.29 is 8.42 Å². The molecule has 0 spiro atoms. The van der Waals surface area contributed by atoms with Crippen LogP contribution in [0.2, 0.25) is 0 Å². The molecule has 0 bridgehead atoms. The zero-order chi connectivity index (χ0) is 14.0. The molecule has 1 aliphatic heterocycles. The number of hydrogen-bond donors (Lipinski definition) is 0. The van der Waals surface area contributed by atoms with Crippen LogP contribution in [-0.4, -0.2) is 35.8 Å². The standard InChI is InChI=1S/C13H15N3O2S2/c17-20(18,13-4-2-8-19-13)16-7-1-3-11(10-16)12-9-14-5-6-15-12/h2,4-6,8-9,11H,1,3,7,10H2. The molecular formula is C13H15N3O2S2. The lowest BCUT2D eigenvalue weighted by molar-refractivity contribution is 0.313. The van der Waals surface area contributed by atoms with E-state index < -0.39 is 10.0 Å². The van der Waals surface area contributed by atoms with E-state index in [2.05, 4.69) is 9.97 Å². The Morgan fingerprint density at radius 1 is 1.35 bits per heavy atom. The molecule has 3 heterocycles. The van der Waals surface area contributed by atoms with E-state index in [1.807, 2.05) is 0 Å². The fourth-order valence-electron chi connectivity index (χ4n) is 2.46. The van der Waals surface area contributed by atoms with Crippen molar-refractivity contribution in [1.82, 2.24) is 14.3 Å². The van der Waals surface area contributed by atoms with Crippen LogP contribution in [0.1, 0.15) is 24.5 Å². The number of sulfonamides is 1. The predicted octanol–water partition coefficient (Wildman–Crippen LogP) is 2.11. The van der Waals surface area contributed by atoms with Gasteiger partial charge in [-0.2, -0.15) is 4.31 Å². The van der Waals surface area contributed by atoms with Crippen LogP contribution < -0.4 is 0 Å². The summed E-state index contributed by atoms with van der Waals surface area (Å²) < 4.78 is 27.0. The molecule has 0 radical (unpaired) electrons. The highest BCUT2D eigenvalue weighted by Crippen LogP contribution is 2.30. The molecule has 0 aliphatic carbocycles. The highest BCUT2D eigenvalue weighted by Gasteiger charge is 2.31. The normalized spacial score (nSPS) is 20.9. The summed E-state index contributed by atoms with van der Waals surface area (Å²) in [6.07, 6.45) is 6.82. The van der Waals surface area contributed by atoms with Gasteiger partial charge in [0.15, 0.2) is 0 Å². The fourth-order valence-corrected chi connectivity index (χ4v) is 5.13. The third kappa shape index (κ3) is 2.61. The van der Waals surface area contributed by atoms with Gasteiger partial charge in [-0.15, -0.1) is 11.3 Å². The molecule has 0 amide bonds. The summed E-state index contributed by atoms with van der Waals surface area (Å²) in [6.45, 7) is 1.07. The molecule has 1 aliphatic rings. The molecular weight excluding hydrogens is 294 g/mol. The lowest BCUT2D eigenvalue weighted by Crippen LogP contribution is -2.39. The van der Waals surface area contributed by atoms with Crippen molar-refractivity contribution in [2.45, 2.75) is 23.0 Å². The van der Waals surface area contributed by atoms with Crippen LogP contribution in [-0.2, 0) is 10.0 Å². The Bertz CT molecular complexity index is 656. The average molecular weight is 309 g/mol. The summed E-state index contributed by atoms with van der Waals surface area (Å²) in [6, 6.07) is 3.42. The molecule has 5 nitrogen and oxygen atoms in total. The second-order valence-corrected chi connectivity index (χ2v) is 7.88. The summed E-state index contributed by atoms with van der Waals surface area (Å²) in [7, 11) is -3.36. The third-order valence-corrected chi connectivity index (χ3v) is 6.71. The van der Waals surface area contributed by atoms with Gasteiger partial charge in [-0.25, -0.2) is 8.42 Å². The zero-order valence-corrected chi connectivity index (χ0v) is 12.5. The van der Waals surface area contributed by atoms with E-state index in [9.17, 15) is 8.42 Å². The Balaban J connectivity index is 1.83. The predicted molar refractivity (Wildman–Crippen MR) is 77.1 cm³/mol. The number of nitrogens with zero attached hydrogens (tertiary/aromatic N) is 3. The molecule has 1 saturated heterocycles. The topological polar surface area (TPSA) is 63.2 Å². The summed E-state index contributed by atoms with van der Waals surface area (Å²) in [5.74, 6) is 0.132. The quantitative estimate of drug-likeness (QED) is 0.871. The molecule has 106 valence electrons. The van der Waals surface area contributed by atoms with Crippen molar-refractivity contribution in [3.05, 3.63) is 41.8 Å². The van der Waals surface area contributed by atoms with Gasteiger partial charge < -0.3 is 0 Å². The van der Waals surface area contributed by atoms with Crippen molar-refractivity contribution >= 4 is 21.4 Å². The number of piperidine rings is 1. The lowest BCUT2D eigenvalue weighted by Gasteiger charge is -2.31. The van der Waals surface area contributed by atoms with Crippen LogP contribution in [0.25, 0.3) is 0 Å². The monoisotopic (exact) mass is 309 g/mol. The highest BCUT2D eigenvalue weighted by molar-refractivity contribution is 7.91. The van der Waals surface area contributed by atoms with Gasteiger partial charge in [0.1, 0.15) is 4.21 Å². The van der Waals surface area contributed by atoms with Gasteiger partial charge in [0.05, 0.1) is 5.69 Å². The van der Waals surface area contributed by atoms with Crippen LogP contribution in [0.3, 0.4) is 0 Å². The Hall–Kier alpha value is -1.31. The summed E-state index contributed by atoms with van der Waals surface area (Å²) >= 11 is 1.26. The second-order valence-electron chi connectivity index (χ2n) is 4.76. The van der Waals surface area contributed by atoms with E-state index in [-0.39, 0.29) is 5.92 Å². The van der Waals surface area contributed by atoms with Crippen molar-refractivity contribution in [2.75, 3.05) is 13.1 Å². The number of aromatic nitrogens is 2. The first-order valence-corrected chi connectivity index (χ1v) is 8.79. The van der Waals surface area contributed by atoms with Crippen molar-refractivity contribution in [2.24, 2.45) is 0 Å². The third-order valence-electron chi connectivity index (χ3n) is 3.47. The number of hydrogen-bond acceptors (Lipinski definition) is 5. The first-order chi connectivity index (χ1) is 9.68. The van der Waals surface area contributed by atoms with Gasteiger partial charge in [0.25, 0.3) is 10.0 Å². The van der Waals surface area contributed by atoms with Crippen molar-refractivity contribution in [1.29, 1.82) is 0 Å². The first kappa shape index (κ1) is 13.7. The maximum Gasteiger partial charge on any atom is 0.252 e.